The maximum atomic E-state index is 10.9. The van der Waals surface area contributed by atoms with Gasteiger partial charge >= 0.3 is 0 Å². The second-order valence-electron chi connectivity index (χ2n) is 14.7. The molecule has 0 bridgehead atoms. The monoisotopic (exact) mass is 426 g/mol. The molecule has 0 spiro atoms. The molecule has 0 aromatic heterocycles. The zero-order chi connectivity index (χ0) is 22.6. The van der Waals surface area contributed by atoms with E-state index >= 15 is 0 Å². The quantitative estimate of drug-likeness (QED) is 0.421. The first kappa shape index (κ1) is 22.5. The highest BCUT2D eigenvalue weighted by molar-refractivity contribution is 5.21. The van der Waals surface area contributed by atoms with E-state index in [0.29, 0.717) is 27.6 Å². The van der Waals surface area contributed by atoms with Gasteiger partial charge in [0.1, 0.15) is 0 Å². The highest BCUT2D eigenvalue weighted by atomic mass is 16.3. The van der Waals surface area contributed by atoms with Gasteiger partial charge in [0.05, 0.1) is 6.10 Å². The van der Waals surface area contributed by atoms with E-state index in [1.54, 1.807) is 0 Å². The molecule has 31 heavy (non-hydrogen) atoms. The summed E-state index contributed by atoms with van der Waals surface area (Å²) in [6, 6.07) is 0. The van der Waals surface area contributed by atoms with Crippen molar-refractivity contribution in [1.82, 2.24) is 0 Å². The number of rotatable bonds is 1. The van der Waals surface area contributed by atoms with Gasteiger partial charge in [0.25, 0.3) is 0 Å². The summed E-state index contributed by atoms with van der Waals surface area (Å²) in [6.45, 7) is 22.3. The van der Waals surface area contributed by atoms with Crippen molar-refractivity contribution >= 4 is 0 Å². The van der Waals surface area contributed by atoms with Crippen molar-refractivity contribution in [1.29, 1.82) is 0 Å². The van der Waals surface area contributed by atoms with Gasteiger partial charge in [-0.15, -0.1) is 0 Å². The van der Waals surface area contributed by atoms with E-state index in [9.17, 15) is 5.11 Å². The molecule has 176 valence electrons. The van der Waals surface area contributed by atoms with Crippen LogP contribution in [0, 0.1) is 56.7 Å². The van der Waals surface area contributed by atoms with Gasteiger partial charge in [0.2, 0.25) is 0 Å². The van der Waals surface area contributed by atoms with Crippen LogP contribution in [0.25, 0.3) is 0 Å². The van der Waals surface area contributed by atoms with Gasteiger partial charge < -0.3 is 5.11 Å². The van der Waals surface area contributed by atoms with Crippen LogP contribution in [-0.2, 0) is 0 Å². The fourth-order valence-corrected chi connectivity index (χ4v) is 11.5. The zero-order valence-electron chi connectivity index (χ0n) is 21.7. The van der Waals surface area contributed by atoms with Gasteiger partial charge in [0, 0.05) is 0 Å². The maximum Gasteiger partial charge on any atom is 0.0594 e. The molecule has 0 aromatic rings. The largest absolute Gasteiger partial charge is 0.393 e. The highest BCUT2D eigenvalue weighted by Gasteiger charge is 2.70. The van der Waals surface area contributed by atoms with E-state index in [-0.39, 0.29) is 11.5 Å². The Morgan fingerprint density at radius 2 is 1.45 bits per heavy atom. The average Bonchev–Trinajstić information content (AvgIpc) is 3.04. The normalized spacial score (nSPS) is 57.9. The Morgan fingerprint density at radius 3 is 2.13 bits per heavy atom. The van der Waals surface area contributed by atoms with E-state index in [4.69, 9.17) is 0 Å². The van der Waals surface area contributed by atoms with E-state index in [2.05, 4.69) is 55.0 Å². The molecule has 5 rings (SSSR count). The molecule has 10 atom stereocenters. The van der Waals surface area contributed by atoms with Gasteiger partial charge in [-0.25, -0.2) is 0 Å². The Labute approximate surface area is 192 Å². The standard InChI is InChI=1S/C30H50O/c1-19(2)20-11-14-27(5)17-18-29(7)21(25(20)27)9-10-23-28(6)15-13-24(31)26(3,4)22(28)12-16-30(23,29)8/h20-25,31H,1,9-18H2,2-8H3/t20-,21?,22?,23?,24?,25?,27?,28?,29+,30?/m0/s1. The molecule has 0 saturated heterocycles. The maximum absolute atomic E-state index is 10.9. The van der Waals surface area contributed by atoms with Gasteiger partial charge in [-0.3, -0.25) is 0 Å². The van der Waals surface area contributed by atoms with Crippen LogP contribution >= 0.6 is 0 Å². The van der Waals surface area contributed by atoms with Crippen molar-refractivity contribution in [3.05, 3.63) is 12.2 Å². The van der Waals surface area contributed by atoms with Crippen LogP contribution < -0.4 is 0 Å². The van der Waals surface area contributed by atoms with E-state index < -0.39 is 0 Å². The molecule has 0 amide bonds. The van der Waals surface area contributed by atoms with E-state index in [0.717, 1.165) is 30.1 Å². The number of allylic oxidation sites excluding steroid dienone is 1. The van der Waals surface area contributed by atoms with Crippen LogP contribution in [0.5, 0.6) is 0 Å². The summed E-state index contributed by atoms with van der Waals surface area (Å²) < 4.78 is 0. The average molecular weight is 427 g/mol. The van der Waals surface area contributed by atoms with Crippen LogP contribution in [-0.4, -0.2) is 11.2 Å². The van der Waals surface area contributed by atoms with Crippen molar-refractivity contribution < 1.29 is 5.11 Å². The van der Waals surface area contributed by atoms with Crippen molar-refractivity contribution in [2.75, 3.05) is 0 Å². The van der Waals surface area contributed by atoms with Gasteiger partial charge in [-0.2, -0.15) is 0 Å². The van der Waals surface area contributed by atoms with Crippen molar-refractivity contribution in [3.8, 4) is 0 Å². The van der Waals surface area contributed by atoms with Crippen LogP contribution in [0.2, 0.25) is 0 Å². The SMILES string of the molecule is C=C(C)[C@@H]1CCC2(C)CC[C@]3(C)C(CCC4C5(C)CCC(O)C(C)(C)C5CCC43C)C12. The summed E-state index contributed by atoms with van der Waals surface area (Å²) in [7, 11) is 0. The Kier molecular flexibility index (Phi) is 4.82. The molecule has 0 aromatic carbocycles. The Hall–Kier alpha value is -0.300. The third kappa shape index (κ3) is 2.65. The zero-order valence-corrected chi connectivity index (χ0v) is 21.7. The lowest BCUT2D eigenvalue weighted by Crippen LogP contribution is -2.66. The molecule has 5 aliphatic rings. The predicted molar refractivity (Wildman–Crippen MR) is 131 cm³/mol. The second kappa shape index (κ2) is 6.64. The number of fused-ring (bicyclic) bond motifs is 7. The summed E-state index contributed by atoms with van der Waals surface area (Å²) in [4.78, 5) is 0. The molecule has 1 heteroatoms. The summed E-state index contributed by atoms with van der Waals surface area (Å²) >= 11 is 0. The molecule has 5 saturated carbocycles. The predicted octanol–water partition coefficient (Wildman–Crippen LogP) is 8.02. The Balaban J connectivity index is 1.54. The van der Waals surface area contributed by atoms with Gasteiger partial charge in [0.15, 0.2) is 0 Å². The topological polar surface area (TPSA) is 20.2 Å². The highest BCUT2D eigenvalue weighted by Crippen LogP contribution is 2.77. The van der Waals surface area contributed by atoms with Crippen molar-refractivity contribution in [2.45, 2.75) is 119 Å². The molecule has 5 fully saturated rings. The first-order valence-corrected chi connectivity index (χ1v) is 13.6. The summed E-state index contributed by atoms with van der Waals surface area (Å²) in [5, 5.41) is 10.9. The van der Waals surface area contributed by atoms with E-state index in [1.807, 2.05) is 0 Å². The van der Waals surface area contributed by atoms with Crippen molar-refractivity contribution in [2.24, 2.45) is 56.7 Å². The fraction of sp³-hybridized carbons (Fsp3) is 0.933. The van der Waals surface area contributed by atoms with Gasteiger partial charge in [-0.05, 0) is 128 Å². The Bertz CT molecular complexity index is 766. The van der Waals surface area contributed by atoms with E-state index in [1.165, 1.54) is 63.4 Å². The summed E-state index contributed by atoms with van der Waals surface area (Å²) in [5.41, 5.74) is 3.38. The fourth-order valence-electron chi connectivity index (χ4n) is 11.5. The minimum absolute atomic E-state index is 0.0632. The molecular weight excluding hydrogens is 376 g/mol. The first-order chi connectivity index (χ1) is 14.3. The number of aliphatic hydroxyl groups excluding tert-OH is 1. The number of hydrogen-bond donors (Lipinski definition) is 1. The summed E-state index contributed by atoms with van der Waals surface area (Å²) in [5.74, 6) is 3.98. The van der Waals surface area contributed by atoms with Crippen LogP contribution in [0.3, 0.4) is 0 Å². The third-order valence-electron chi connectivity index (χ3n) is 13.5. The molecule has 0 aliphatic heterocycles. The molecule has 5 aliphatic carbocycles. The lowest BCUT2D eigenvalue weighted by atomic mass is 9.32. The lowest BCUT2D eigenvalue weighted by Gasteiger charge is -2.73. The van der Waals surface area contributed by atoms with Crippen molar-refractivity contribution in [3.63, 3.8) is 0 Å². The number of aliphatic hydroxyl groups is 1. The Morgan fingerprint density at radius 1 is 0.742 bits per heavy atom. The molecule has 0 heterocycles. The summed E-state index contributed by atoms with van der Waals surface area (Å²) in [6.07, 6.45) is 13.4. The molecule has 0 radical (unpaired) electrons. The number of hydrogen-bond acceptors (Lipinski definition) is 1. The van der Waals surface area contributed by atoms with Crippen LogP contribution in [0.4, 0.5) is 0 Å². The smallest absolute Gasteiger partial charge is 0.0594 e. The molecule has 8 unspecified atom stereocenters. The molecule has 1 nitrogen and oxygen atoms in total. The lowest BCUT2D eigenvalue weighted by molar-refractivity contribution is -0.246. The molecule has 1 N–H and O–H groups in total. The van der Waals surface area contributed by atoms with Crippen LogP contribution in [0.1, 0.15) is 113 Å². The minimum Gasteiger partial charge on any atom is -0.393 e. The van der Waals surface area contributed by atoms with Gasteiger partial charge in [-0.1, -0.05) is 53.7 Å². The van der Waals surface area contributed by atoms with Crippen LogP contribution in [0.15, 0.2) is 12.2 Å². The molecular formula is C30H50O. The first-order valence-electron chi connectivity index (χ1n) is 13.6. The minimum atomic E-state index is -0.118. The second-order valence-corrected chi connectivity index (χ2v) is 14.7. The third-order valence-corrected chi connectivity index (χ3v) is 13.5.